The van der Waals surface area contributed by atoms with Crippen LogP contribution in [0.2, 0.25) is 0 Å². The molecule has 2 amide bonds. The number of rotatable bonds is 5. The third kappa shape index (κ3) is 4.64. The summed E-state index contributed by atoms with van der Waals surface area (Å²) in [6, 6.07) is 10.8. The number of pyridine rings is 1. The molecule has 0 saturated carbocycles. The van der Waals surface area contributed by atoms with E-state index in [9.17, 15) is 9.59 Å². The van der Waals surface area contributed by atoms with Crippen molar-refractivity contribution in [1.82, 2.24) is 9.88 Å². The molecule has 0 radical (unpaired) electrons. The van der Waals surface area contributed by atoms with Gasteiger partial charge in [0.2, 0.25) is 11.8 Å². The van der Waals surface area contributed by atoms with Gasteiger partial charge in [-0.3, -0.25) is 9.59 Å². The standard InChI is InChI=1S/C18H20N4O3.ClH/c1-25-15-5-2-12(3-6-15)10-22-11-13(8-17(22)23)18(24)21-14-4-7-16(19)20-9-14;/h2-7,9,13H,8,10-11H2,1H3,(H2,19,20)(H,21,24);1H. The van der Waals surface area contributed by atoms with E-state index >= 15 is 0 Å². The van der Waals surface area contributed by atoms with Crippen LogP contribution in [0.4, 0.5) is 11.5 Å². The summed E-state index contributed by atoms with van der Waals surface area (Å²) in [4.78, 5) is 30.2. The summed E-state index contributed by atoms with van der Waals surface area (Å²) in [5.41, 5.74) is 7.09. The van der Waals surface area contributed by atoms with E-state index < -0.39 is 0 Å². The highest BCUT2D eigenvalue weighted by Crippen LogP contribution is 2.22. The van der Waals surface area contributed by atoms with Gasteiger partial charge in [-0.25, -0.2) is 4.98 Å². The minimum atomic E-state index is -0.372. The molecule has 2 aromatic rings. The fraction of sp³-hybridized carbons (Fsp3) is 0.278. The topological polar surface area (TPSA) is 97.6 Å². The SMILES string of the molecule is COc1ccc(CN2CC(C(=O)Nc3ccc(N)nc3)CC2=O)cc1.Cl. The van der Waals surface area contributed by atoms with Crippen LogP contribution in [0.5, 0.6) is 5.75 Å². The third-order valence-electron chi connectivity index (χ3n) is 4.17. The van der Waals surface area contributed by atoms with Gasteiger partial charge in [-0.1, -0.05) is 12.1 Å². The molecule has 138 valence electrons. The zero-order valence-electron chi connectivity index (χ0n) is 14.3. The molecule has 3 rings (SSSR count). The Morgan fingerprint density at radius 3 is 2.65 bits per heavy atom. The number of nitrogen functional groups attached to an aromatic ring is 1. The van der Waals surface area contributed by atoms with Crippen LogP contribution in [0.3, 0.4) is 0 Å². The van der Waals surface area contributed by atoms with Crippen molar-refractivity contribution >= 4 is 35.7 Å². The first-order chi connectivity index (χ1) is 12.0. The van der Waals surface area contributed by atoms with Gasteiger partial charge >= 0.3 is 0 Å². The van der Waals surface area contributed by atoms with Crippen LogP contribution in [0.1, 0.15) is 12.0 Å². The van der Waals surface area contributed by atoms with Gasteiger partial charge in [0.1, 0.15) is 11.6 Å². The summed E-state index contributed by atoms with van der Waals surface area (Å²) >= 11 is 0. The fourth-order valence-electron chi connectivity index (χ4n) is 2.78. The van der Waals surface area contributed by atoms with Crippen LogP contribution >= 0.6 is 12.4 Å². The number of halogens is 1. The molecule has 1 atom stereocenters. The van der Waals surface area contributed by atoms with E-state index in [0.717, 1.165) is 11.3 Å². The Balaban J connectivity index is 0.00000243. The number of carbonyl (C=O) groups excluding carboxylic acids is 2. The molecule has 1 aliphatic heterocycles. The molecule has 1 aliphatic rings. The Bertz CT molecular complexity index is 765. The molecule has 8 heteroatoms. The van der Waals surface area contributed by atoms with Crippen LogP contribution in [-0.4, -0.2) is 35.4 Å². The highest BCUT2D eigenvalue weighted by Gasteiger charge is 2.34. The van der Waals surface area contributed by atoms with Crippen molar-refractivity contribution in [1.29, 1.82) is 0 Å². The van der Waals surface area contributed by atoms with Crippen molar-refractivity contribution in [2.75, 3.05) is 24.7 Å². The lowest BCUT2D eigenvalue weighted by Gasteiger charge is -2.17. The van der Waals surface area contributed by atoms with E-state index in [1.165, 1.54) is 6.20 Å². The average Bonchev–Trinajstić information content (AvgIpc) is 2.98. The molecule has 0 bridgehead atoms. The van der Waals surface area contributed by atoms with Gasteiger partial charge in [0.25, 0.3) is 0 Å². The van der Waals surface area contributed by atoms with Crippen LogP contribution in [0.15, 0.2) is 42.6 Å². The number of benzene rings is 1. The van der Waals surface area contributed by atoms with Gasteiger partial charge in [-0.15, -0.1) is 12.4 Å². The van der Waals surface area contributed by atoms with Crippen molar-refractivity contribution in [3.8, 4) is 5.75 Å². The van der Waals surface area contributed by atoms with Gasteiger partial charge in [-0.05, 0) is 29.8 Å². The number of amides is 2. The number of hydrogen-bond donors (Lipinski definition) is 2. The van der Waals surface area contributed by atoms with Crippen molar-refractivity contribution in [2.24, 2.45) is 5.92 Å². The maximum Gasteiger partial charge on any atom is 0.229 e. The number of aromatic nitrogens is 1. The number of nitrogens with zero attached hydrogens (tertiary/aromatic N) is 2. The van der Waals surface area contributed by atoms with Crippen LogP contribution < -0.4 is 15.8 Å². The average molecular weight is 377 g/mol. The van der Waals surface area contributed by atoms with E-state index in [0.29, 0.717) is 24.6 Å². The molecule has 0 spiro atoms. The number of carbonyl (C=O) groups is 2. The first-order valence-corrected chi connectivity index (χ1v) is 7.98. The van der Waals surface area contributed by atoms with Gasteiger partial charge in [0.15, 0.2) is 0 Å². The molecule has 1 aromatic carbocycles. The number of methoxy groups -OCH3 is 1. The molecule has 1 saturated heterocycles. The second-order valence-electron chi connectivity index (χ2n) is 5.98. The van der Waals surface area contributed by atoms with Crippen molar-refractivity contribution in [2.45, 2.75) is 13.0 Å². The summed E-state index contributed by atoms with van der Waals surface area (Å²) in [7, 11) is 1.61. The Kier molecular flexibility index (Phi) is 6.41. The van der Waals surface area contributed by atoms with Crippen molar-refractivity contribution < 1.29 is 14.3 Å². The van der Waals surface area contributed by atoms with Crippen molar-refractivity contribution in [3.05, 3.63) is 48.2 Å². The maximum absolute atomic E-state index is 12.4. The van der Waals surface area contributed by atoms with Gasteiger partial charge < -0.3 is 20.7 Å². The first-order valence-electron chi connectivity index (χ1n) is 7.98. The molecule has 0 aliphatic carbocycles. The molecular weight excluding hydrogens is 356 g/mol. The zero-order chi connectivity index (χ0) is 17.8. The highest BCUT2D eigenvalue weighted by atomic mass is 35.5. The quantitative estimate of drug-likeness (QED) is 0.832. The number of nitrogens with two attached hydrogens (primary N) is 1. The second-order valence-corrected chi connectivity index (χ2v) is 5.98. The number of ether oxygens (including phenoxy) is 1. The minimum Gasteiger partial charge on any atom is -0.497 e. The fourth-order valence-corrected chi connectivity index (χ4v) is 2.78. The third-order valence-corrected chi connectivity index (χ3v) is 4.17. The maximum atomic E-state index is 12.4. The normalized spacial score (nSPS) is 16.1. The summed E-state index contributed by atoms with van der Waals surface area (Å²) in [6.07, 6.45) is 1.71. The molecule has 26 heavy (non-hydrogen) atoms. The first kappa shape index (κ1) is 19.5. The summed E-state index contributed by atoms with van der Waals surface area (Å²) in [6.45, 7) is 0.884. The van der Waals surface area contributed by atoms with E-state index in [4.69, 9.17) is 10.5 Å². The number of nitrogens with one attached hydrogen (secondary N) is 1. The molecule has 3 N–H and O–H groups in total. The lowest BCUT2D eigenvalue weighted by atomic mass is 10.1. The van der Waals surface area contributed by atoms with E-state index in [-0.39, 0.29) is 36.6 Å². The Morgan fingerprint density at radius 1 is 1.31 bits per heavy atom. The summed E-state index contributed by atoms with van der Waals surface area (Å²) in [5.74, 6) is 0.581. The summed E-state index contributed by atoms with van der Waals surface area (Å²) < 4.78 is 5.13. The van der Waals surface area contributed by atoms with Crippen LogP contribution in [-0.2, 0) is 16.1 Å². The van der Waals surface area contributed by atoms with Crippen LogP contribution in [0.25, 0.3) is 0 Å². The molecule has 1 fully saturated rings. The number of hydrogen-bond acceptors (Lipinski definition) is 5. The highest BCUT2D eigenvalue weighted by molar-refractivity contribution is 5.97. The van der Waals surface area contributed by atoms with Crippen LogP contribution in [0, 0.1) is 5.92 Å². The lowest BCUT2D eigenvalue weighted by molar-refractivity contribution is -0.128. The Hall–Kier alpha value is -2.80. The Morgan fingerprint density at radius 2 is 2.04 bits per heavy atom. The van der Waals surface area contributed by atoms with E-state index in [2.05, 4.69) is 10.3 Å². The van der Waals surface area contributed by atoms with Gasteiger partial charge in [0.05, 0.1) is 24.9 Å². The van der Waals surface area contributed by atoms with Crippen molar-refractivity contribution in [3.63, 3.8) is 0 Å². The molecule has 1 aromatic heterocycles. The van der Waals surface area contributed by atoms with E-state index in [1.54, 1.807) is 24.1 Å². The van der Waals surface area contributed by atoms with Gasteiger partial charge in [0, 0.05) is 19.5 Å². The zero-order valence-corrected chi connectivity index (χ0v) is 15.2. The largest absolute Gasteiger partial charge is 0.497 e. The molecule has 7 nitrogen and oxygen atoms in total. The predicted octanol–water partition coefficient (Wildman–Crippen LogP) is 2.08. The van der Waals surface area contributed by atoms with Gasteiger partial charge in [-0.2, -0.15) is 0 Å². The summed E-state index contributed by atoms with van der Waals surface area (Å²) in [5, 5.41) is 2.78. The smallest absolute Gasteiger partial charge is 0.229 e. The monoisotopic (exact) mass is 376 g/mol. The number of likely N-dealkylation sites (tertiary alicyclic amines) is 1. The number of anilines is 2. The molecule has 2 heterocycles. The minimum absolute atomic E-state index is 0. The lowest BCUT2D eigenvalue weighted by Crippen LogP contribution is -2.28. The molecular formula is C18H21ClN4O3. The Labute approximate surface area is 157 Å². The predicted molar refractivity (Wildman–Crippen MR) is 101 cm³/mol. The molecule has 1 unspecified atom stereocenters. The van der Waals surface area contributed by atoms with E-state index in [1.807, 2.05) is 24.3 Å². The second kappa shape index (κ2) is 8.53.